The van der Waals surface area contributed by atoms with Crippen molar-refractivity contribution in [1.29, 1.82) is 0 Å². The Bertz CT molecular complexity index is 406. The average molecular weight is 209 g/mol. The van der Waals surface area contributed by atoms with Crippen molar-refractivity contribution in [2.45, 2.75) is 24.8 Å². The van der Waals surface area contributed by atoms with Crippen LogP contribution >= 0.6 is 11.3 Å². The summed E-state index contributed by atoms with van der Waals surface area (Å²) in [7, 11) is 0. The summed E-state index contributed by atoms with van der Waals surface area (Å²) in [5.74, 6) is -0.791. The standard InChI is InChI=1S/C10H11NO2S/c12-9(13)7-3-6-4-11-5-10(1-2-10)8(6)14-7/h3,11H,1-2,4-5H2,(H,12,13). The van der Waals surface area contributed by atoms with Gasteiger partial charge in [0.25, 0.3) is 0 Å². The van der Waals surface area contributed by atoms with Gasteiger partial charge in [0.2, 0.25) is 0 Å². The number of hydrogen-bond acceptors (Lipinski definition) is 3. The normalized spacial score (nSPS) is 22.0. The summed E-state index contributed by atoms with van der Waals surface area (Å²) in [5, 5.41) is 12.3. The minimum atomic E-state index is -0.791. The third kappa shape index (κ3) is 1.04. The van der Waals surface area contributed by atoms with Gasteiger partial charge in [0.1, 0.15) is 4.88 Å². The number of thiophene rings is 1. The lowest BCUT2D eigenvalue weighted by molar-refractivity contribution is 0.0702. The second kappa shape index (κ2) is 2.58. The molecule has 3 rings (SSSR count). The molecule has 0 bridgehead atoms. The molecular formula is C10H11NO2S. The summed E-state index contributed by atoms with van der Waals surface area (Å²) in [5.41, 5.74) is 1.52. The Balaban J connectivity index is 2.10. The van der Waals surface area contributed by atoms with Crippen LogP contribution in [-0.4, -0.2) is 17.6 Å². The second-order valence-corrected chi connectivity index (χ2v) is 5.21. The number of carboxylic acid groups (broad SMARTS) is 1. The summed E-state index contributed by atoms with van der Waals surface area (Å²) in [6.45, 7) is 1.86. The van der Waals surface area contributed by atoms with Gasteiger partial charge in [-0.3, -0.25) is 0 Å². The Morgan fingerprint density at radius 2 is 2.36 bits per heavy atom. The smallest absolute Gasteiger partial charge is 0.345 e. The Morgan fingerprint density at radius 3 is 3.00 bits per heavy atom. The van der Waals surface area contributed by atoms with Crippen molar-refractivity contribution in [3.63, 3.8) is 0 Å². The minimum Gasteiger partial charge on any atom is -0.477 e. The van der Waals surface area contributed by atoms with E-state index in [2.05, 4.69) is 5.32 Å². The van der Waals surface area contributed by atoms with E-state index in [0.717, 1.165) is 13.1 Å². The van der Waals surface area contributed by atoms with Gasteiger partial charge >= 0.3 is 5.97 Å². The summed E-state index contributed by atoms with van der Waals surface area (Å²) in [4.78, 5) is 12.7. The molecule has 4 heteroatoms. The zero-order valence-corrected chi connectivity index (χ0v) is 8.49. The van der Waals surface area contributed by atoms with Crippen LogP contribution in [0.5, 0.6) is 0 Å². The Morgan fingerprint density at radius 1 is 1.57 bits per heavy atom. The zero-order valence-electron chi connectivity index (χ0n) is 7.67. The predicted molar refractivity (Wildman–Crippen MR) is 53.9 cm³/mol. The van der Waals surface area contributed by atoms with E-state index < -0.39 is 5.97 Å². The van der Waals surface area contributed by atoms with Gasteiger partial charge in [-0.15, -0.1) is 11.3 Å². The molecule has 2 aliphatic rings. The third-order valence-corrected chi connectivity index (χ3v) is 4.55. The lowest BCUT2D eigenvalue weighted by Crippen LogP contribution is -2.31. The average Bonchev–Trinajstić information content (AvgIpc) is 2.77. The Hall–Kier alpha value is -0.870. The van der Waals surface area contributed by atoms with Gasteiger partial charge in [-0.2, -0.15) is 0 Å². The molecule has 3 nitrogen and oxygen atoms in total. The van der Waals surface area contributed by atoms with E-state index in [0.29, 0.717) is 10.3 Å². The molecule has 0 amide bonds. The largest absolute Gasteiger partial charge is 0.477 e. The van der Waals surface area contributed by atoms with E-state index in [1.54, 1.807) is 0 Å². The van der Waals surface area contributed by atoms with Crippen LogP contribution in [-0.2, 0) is 12.0 Å². The van der Waals surface area contributed by atoms with E-state index in [-0.39, 0.29) is 0 Å². The molecule has 1 spiro atoms. The maximum atomic E-state index is 10.8. The molecule has 1 aliphatic heterocycles. The quantitative estimate of drug-likeness (QED) is 0.738. The summed E-state index contributed by atoms with van der Waals surface area (Å²) in [6, 6.07) is 1.83. The second-order valence-electron chi connectivity index (χ2n) is 4.15. The van der Waals surface area contributed by atoms with Gasteiger partial charge in [0.15, 0.2) is 0 Å². The van der Waals surface area contributed by atoms with Crippen molar-refractivity contribution in [3.05, 3.63) is 21.4 Å². The topological polar surface area (TPSA) is 49.3 Å². The fraction of sp³-hybridized carbons (Fsp3) is 0.500. The zero-order chi connectivity index (χ0) is 9.76. The summed E-state index contributed by atoms with van der Waals surface area (Å²) >= 11 is 1.47. The van der Waals surface area contributed by atoms with Gasteiger partial charge in [0.05, 0.1) is 0 Å². The first-order valence-electron chi connectivity index (χ1n) is 4.78. The number of carbonyl (C=O) groups is 1. The lowest BCUT2D eigenvalue weighted by atomic mass is 9.97. The first kappa shape index (κ1) is 8.44. The fourth-order valence-electron chi connectivity index (χ4n) is 2.19. The van der Waals surface area contributed by atoms with Crippen LogP contribution in [0, 0.1) is 0 Å². The first-order chi connectivity index (χ1) is 6.71. The van der Waals surface area contributed by atoms with Gasteiger partial charge in [-0.05, 0) is 24.5 Å². The lowest BCUT2D eigenvalue weighted by Gasteiger charge is -2.22. The molecule has 2 heterocycles. The molecule has 0 aromatic carbocycles. The van der Waals surface area contributed by atoms with E-state index in [1.165, 1.54) is 34.6 Å². The molecule has 14 heavy (non-hydrogen) atoms. The Labute approximate surface area is 85.8 Å². The van der Waals surface area contributed by atoms with E-state index in [4.69, 9.17) is 5.11 Å². The fourth-order valence-corrected chi connectivity index (χ4v) is 3.45. The molecule has 0 unspecified atom stereocenters. The molecule has 0 radical (unpaired) electrons. The van der Waals surface area contributed by atoms with Crippen LogP contribution in [0.3, 0.4) is 0 Å². The summed E-state index contributed by atoms with van der Waals surface area (Å²) in [6.07, 6.45) is 2.43. The monoisotopic (exact) mass is 209 g/mol. The van der Waals surface area contributed by atoms with E-state index in [9.17, 15) is 4.79 Å². The van der Waals surface area contributed by atoms with Crippen molar-refractivity contribution < 1.29 is 9.90 Å². The molecule has 1 saturated carbocycles. The van der Waals surface area contributed by atoms with Crippen molar-refractivity contribution in [3.8, 4) is 0 Å². The maximum Gasteiger partial charge on any atom is 0.345 e. The highest BCUT2D eigenvalue weighted by molar-refractivity contribution is 7.14. The summed E-state index contributed by atoms with van der Waals surface area (Å²) < 4.78 is 0. The van der Waals surface area contributed by atoms with Gasteiger partial charge in [0, 0.05) is 23.4 Å². The van der Waals surface area contributed by atoms with Gasteiger partial charge in [-0.25, -0.2) is 4.79 Å². The molecule has 1 aromatic heterocycles. The van der Waals surface area contributed by atoms with Crippen molar-refractivity contribution in [1.82, 2.24) is 5.32 Å². The van der Waals surface area contributed by atoms with Gasteiger partial charge < -0.3 is 10.4 Å². The maximum absolute atomic E-state index is 10.8. The number of carboxylic acids is 1. The first-order valence-corrected chi connectivity index (χ1v) is 5.60. The van der Waals surface area contributed by atoms with Crippen LogP contribution in [0.4, 0.5) is 0 Å². The molecule has 2 N–H and O–H groups in total. The van der Waals surface area contributed by atoms with Crippen LogP contribution in [0.15, 0.2) is 6.07 Å². The molecule has 1 aromatic rings. The number of nitrogens with one attached hydrogen (secondary N) is 1. The molecular weight excluding hydrogens is 198 g/mol. The number of fused-ring (bicyclic) bond motifs is 2. The van der Waals surface area contributed by atoms with Crippen molar-refractivity contribution in [2.24, 2.45) is 0 Å². The Kier molecular flexibility index (Phi) is 1.56. The van der Waals surface area contributed by atoms with Gasteiger partial charge in [-0.1, -0.05) is 0 Å². The van der Waals surface area contributed by atoms with Crippen LogP contribution in [0.1, 0.15) is 33.0 Å². The number of hydrogen-bond donors (Lipinski definition) is 2. The highest BCUT2D eigenvalue weighted by Gasteiger charge is 2.48. The third-order valence-electron chi connectivity index (χ3n) is 3.13. The van der Waals surface area contributed by atoms with Crippen molar-refractivity contribution in [2.75, 3.05) is 6.54 Å². The highest BCUT2D eigenvalue weighted by Crippen LogP contribution is 2.53. The molecule has 0 atom stereocenters. The van der Waals surface area contributed by atoms with Crippen LogP contribution < -0.4 is 5.32 Å². The minimum absolute atomic E-state index is 0.311. The molecule has 1 aliphatic carbocycles. The van der Waals surface area contributed by atoms with Crippen LogP contribution in [0.25, 0.3) is 0 Å². The predicted octanol–water partition coefficient (Wildman–Crippen LogP) is 1.58. The number of aromatic carboxylic acids is 1. The molecule has 0 saturated heterocycles. The van der Waals surface area contributed by atoms with Crippen molar-refractivity contribution >= 4 is 17.3 Å². The SMILES string of the molecule is O=C(O)c1cc2c(s1)C1(CC1)CNC2. The number of rotatable bonds is 1. The highest BCUT2D eigenvalue weighted by atomic mass is 32.1. The van der Waals surface area contributed by atoms with Crippen LogP contribution in [0.2, 0.25) is 0 Å². The molecule has 1 fully saturated rings. The molecule has 74 valence electrons. The van der Waals surface area contributed by atoms with E-state index in [1.807, 2.05) is 6.07 Å². The van der Waals surface area contributed by atoms with E-state index >= 15 is 0 Å².